The molecule has 88 valence electrons. The van der Waals surface area contributed by atoms with Crippen LogP contribution in [0.2, 0.25) is 0 Å². The van der Waals surface area contributed by atoms with E-state index in [0.29, 0.717) is 5.92 Å². The fraction of sp³-hybridized carbons (Fsp3) is 0.571. The zero-order chi connectivity index (χ0) is 11.4. The van der Waals surface area contributed by atoms with Crippen LogP contribution >= 0.6 is 0 Å². The lowest BCUT2D eigenvalue weighted by Gasteiger charge is -2.35. The van der Waals surface area contributed by atoms with E-state index in [4.69, 9.17) is 4.74 Å². The predicted octanol–water partition coefficient (Wildman–Crippen LogP) is 2.58. The molecule has 0 saturated carbocycles. The first-order chi connectivity index (χ1) is 7.83. The van der Waals surface area contributed by atoms with E-state index in [9.17, 15) is 5.11 Å². The van der Waals surface area contributed by atoms with E-state index in [1.807, 2.05) is 6.07 Å². The molecule has 0 aromatic heterocycles. The van der Waals surface area contributed by atoms with Gasteiger partial charge in [0, 0.05) is 25.0 Å². The quantitative estimate of drug-likeness (QED) is 0.848. The Morgan fingerprint density at radius 2 is 2.12 bits per heavy atom. The minimum atomic E-state index is 0.168. The molecule has 1 N–H and O–H groups in total. The van der Waals surface area contributed by atoms with Crippen LogP contribution in [0.3, 0.4) is 0 Å². The van der Waals surface area contributed by atoms with E-state index in [1.54, 1.807) is 0 Å². The van der Waals surface area contributed by atoms with Gasteiger partial charge in [-0.05, 0) is 18.4 Å². The average Bonchev–Trinajstić information content (AvgIpc) is 2.39. The van der Waals surface area contributed by atoms with E-state index in [2.05, 4.69) is 31.2 Å². The highest BCUT2D eigenvalue weighted by Gasteiger charge is 2.31. The standard InChI is InChI=1S/C14H20O2/c1-11(10-15)14-13(8-5-9-16-14)12-6-3-2-4-7-12/h2-4,6-7,11,13-15H,5,8-10H2,1H3/t11-,13+,14+/m1/s1. The van der Waals surface area contributed by atoms with Crippen molar-refractivity contribution in [2.24, 2.45) is 5.92 Å². The first-order valence-electron chi connectivity index (χ1n) is 6.10. The van der Waals surface area contributed by atoms with Gasteiger partial charge in [0.25, 0.3) is 0 Å². The van der Waals surface area contributed by atoms with E-state index in [1.165, 1.54) is 12.0 Å². The molecular formula is C14H20O2. The van der Waals surface area contributed by atoms with Crippen LogP contribution in [0.1, 0.15) is 31.2 Å². The molecule has 1 saturated heterocycles. The normalized spacial score (nSPS) is 27.6. The van der Waals surface area contributed by atoms with Crippen molar-refractivity contribution >= 4 is 0 Å². The molecule has 1 aliphatic heterocycles. The summed E-state index contributed by atoms with van der Waals surface area (Å²) in [7, 11) is 0. The van der Waals surface area contributed by atoms with Crippen LogP contribution in [0.4, 0.5) is 0 Å². The van der Waals surface area contributed by atoms with Gasteiger partial charge in [-0.15, -0.1) is 0 Å². The summed E-state index contributed by atoms with van der Waals surface area (Å²) in [5.41, 5.74) is 1.34. The molecule has 1 aliphatic rings. The van der Waals surface area contributed by atoms with Crippen molar-refractivity contribution in [3.8, 4) is 0 Å². The van der Waals surface area contributed by atoms with E-state index in [0.717, 1.165) is 13.0 Å². The second kappa shape index (κ2) is 5.46. The Labute approximate surface area is 97.3 Å². The summed E-state index contributed by atoms with van der Waals surface area (Å²) in [5, 5.41) is 9.27. The Balaban J connectivity index is 2.16. The molecule has 1 heterocycles. The van der Waals surface area contributed by atoms with Crippen LogP contribution in [0, 0.1) is 5.92 Å². The molecule has 0 spiro atoms. The lowest BCUT2D eigenvalue weighted by Crippen LogP contribution is -2.35. The molecule has 2 rings (SSSR count). The zero-order valence-electron chi connectivity index (χ0n) is 9.80. The van der Waals surface area contributed by atoms with Gasteiger partial charge in [-0.2, -0.15) is 0 Å². The molecule has 0 unspecified atom stereocenters. The van der Waals surface area contributed by atoms with Crippen LogP contribution in [0.5, 0.6) is 0 Å². The van der Waals surface area contributed by atoms with E-state index < -0.39 is 0 Å². The van der Waals surface area contributed by atoms with Crippen molar-refractivity contribution in [1.29, 1.82) is 0 Å². The van der Waals surface area contributed by atoms with Gasteiger partial charge in [0.15, 0.2) is 0 Å². The maximum atomic E-state index is 9.27. The highest BCUT2D eigenvalue weighted by Crippen LogP contribution is 2.34. The van der Waals surface area contributed by atoms with Gasteiger partial charge in [0.2, 0.25) is 0 Å². The number of aliphatic hydroxyl groups is 1. The summed E-state index contributed by atoms with van der Waals surface area (Å²) >= 11 is 0. The highest BCUT2D eigenvalue weighted by molar-refractivity contribution is 5.21. The Kier molecular flexibility index (Phi) is 3.97. The van der Waals surface area contributed by atoms with Crippen molar-refractivity contribution in [1.82, 2.24) is 0 Å². The Morgan fingerprint density at radius 1 is 1.38 bits per heavy atom. The number of hydrogen-bond acceptors (Lipinski definition) is 2. The van der Waals surface area contributed by atoms with Crippen LogP contribution in [0.15, 0.2) is 30.3 Å². The zero-order valence-corrected chi connectivity index (χ0v) is 9.80. The number of aliphatic hydroxyl groups excluding tert-OH is 1. The molecule has 2 heteroatoms. The van der Waals surface area contributed by atoms with Crippen LogP contribution in [-0.4, -0.2) is 24.4 Å². The average molecular weight is 220 g/mol. The summed E-state index contributed by atoms with van der Waals surface area (Å²) < 4.78 is 5.84. The predicted molar refractivity (Wildman–Crippen MR) is 64.4 cm³/mol. The summed E-state index contributed by atoms with van der Waals surface area (Å²) in [6.45, 7) is 3.10. The monoisotopic (exact) mass is 220 g/mol. The minimum Gasteiger partial charge on any atom is -0.396 e. The number of rotatable bonds is 3. The van der Waals surface area contributed by atoms with E-state index in [-0.39, 0.29) is 18.6 Å². The van der Waals surface area contributed by atoms with Crippen molar-refractivity contribution in [2.45, 2.75) is 31.8 Å². The molecule has 1 aromatic carbocycles. The van der Waals surface area contributed by atoms with Crippen LogP contribution in [0.25, 0.3) is 0 Å². The van der Waals surface area contributed by atoms with Crippen molar-refractivity contribution in [3.05, 3.63) is 35.9 Å². The summed E-state index contributed by atoms with van der Waals surface area (Å²) in [4.78, 5) is 0. The first-order valence-corrected chi connectivity index (χ1v) is 6.10. The maximum Gasteiger partial charge on any atom is 0.0690 e. The van der Waals surface area contributed by atoms with Gasteiger partial charge in [0.1, 0.15) is 0 Å². The van der Waals surface area contributed by atoms with Gasteiger partial charge < -0.3 is 9.84 Å². The lowest BCUT2D eigenvalue weighted by molar-refractivity contribution is -0.0446. The third kappa shape index (κ3) is 2.45. The van der Waals surface area contributed by atoms with Crippen molar-refractivity contribution in [3.63, 3.8) is 0 Å². The summed E-state index contributed by atoms with van der Waals surface area (Å²) in [6, 6.07) is 10.5. The largest absolute Gasteiger partial charge is 0.396 e. The minimum absolute atomic E-state index is 0.168. The smallest absolute Gasteiger partial charge is 0.0690 e. The first kappa shape index (κ1) is 11.6. The van der Waals surface area contributed by atoms with Crippen LogP contribution in [-0.2, 0) is 4.74 Å². The SMILES string of the molecule is C[C@H](CO)[C@@H]1OCCC[C@H]1c1ccccc1. The summed E-state index contributed by atoms with van der Waals surface area (Å²) in [5.74, 6) is 0.655. The number of hydrogen-bond donors (Lipinski definition) is 1. The Bertz CT molecular complexity index is 310. The fourth-order valence-electron chi connectivity index (χ4n) is 2.52. The molecule has 16 heavy (non-hydrogen) atoms. The Hall–Kier alpha value is -0.860. The highest BCUT2D eigenvalue weighted by atomic mass is 16.5. The maximum absolute atomic E-state index is 9.27. The molecule has 3 atom stereocenters. The van der Waals surface area contributed by atoms with Crippen molar-refractivity contribution < 1.29 is 9.84 Å². The molecule has 1 fully saturated rings. The molecule has 0 radical (unpaired) electrons. The molecule has 0 amide bonds. The van der Waals surface area contributed by atoms with Gasteiger partial charge in [-0.3, -0.25) is 0 Å². The third-order valence-corrected chi connectivity index (χ3v) is 3.44. The molecule has 1 aromatic rings. The lowest BCUT2D eigenvalue weighted by atomic mass is 9.82. The van der Waals surface area contributed by atoms with Crippen LogP contribution < -0.4 is 0 Å². The second-order valence-electron chi connectivity index (χ2n) is 4.65. The van der Waals surface area contributed by atoms with Gasteiger partial charge in [0.05, 0.1) is 6.10 Å². The molecule has 2 nitrogen and oxygen atoms in total. The van der Waals surface area contributed by atoms with Gasteiger partial charge in [-0.25, -0.2) is 0 Å². The third-order valence-electron chi connectivity index (χ3n) is 3.44. The number of ether oxygens (including phenoxy) is 1. The molecule has 0 aliphatic carbocycles. The van der Waals surface area contributed by atoms with Crippen molar-refractivity contribution in [2.75, 3.05) is 13.2 Å². The fourth-order valence-corrected chi connectivity index (χ4v) is 2.52. The molecular weight excluding hydrogens is 200 g/mol. The number of benzene rings is 1. The Morgan fingerprint density at radius 3 is 2.81 bits per heavy atom. The second-order valence-corrected chi connectivity index (χ2v) is 4.65. The topological polar surface area (TPSA) is 29.5 Å². The van der Waals surface area contributed by atoms with E-state index >= 15 is 0 Å². The molecule has 0 bridgehead atoms. The van der Waals surface area contributed by atoms with Gasteiger partial charge >= 0.3 is 0 Å². The summed E-state index contributed by atoms with van der Waals surface area (Å²) in [6.07, 6.45) is 2.45. The van der Waals surface area contributed by atoms with Gasteiger partial charge in [-0.1, -0.05) is 37.3 Å².